The number of aliphatic hydroxyl groups is 1. The molecule has 4 atom stereocenters. The first kappa shape index (κ1) is 28.3. The second kappa shape index (κ2) is 12.9. The average Bonchev–Trinajstić information content (AvgIpc) is 3.59. The number of carboxylic acid groups (broad SMARTS) is 1. The zero-order valence-corrected chi connectivity index (χ0v) is 22.3. The van der Waals surface area contributed by atoms with Crippen LogP contribution in [0.1, 0.15) is 69.8 Å². The van der Waals surface area contributed by atoms with Gasteiger partial charge in [-0.2, -0.15) is 0 Å². The van der Waals surface area contributed by atoms with Crippen molar-refractivity contribution in [1.29, 1.82) is 0 Å². The van der Waals surface area contributed by atoms with Crippen LogP contribution in [0.15, 0.2) is 33.3 Å². The van der Waals surface area contributed by atoms with Gasteiger partial charge >= 0.3 is 5.97 Å². The van der Waals surface area contributed by atoms with E-state index in [1.165, 1.54) is 10.5 Å². The summed E-state index contributed by atoms with van der Waals surface area (Å²) in [6.07, 6.45) is 6.73. The van der Waals surface area contributed by atoms with Gasteiger partial charge in [0.2, 0.25) is 11.8 Å². The number of methoxy groups -OCH3 is 1. The van der Waals surface area contributed by atoms with Gasteiger partial charge in [0.1, 0.15) is 18.1 Å². The molecule has 208 valence electrons. The highest BCUT2D eigenvalue weighted by Gasteiger charge is 2.56. The monoisotopic (exact) mass is 529 g/mol. The summed E-state index contributed by atoms with van der Waals surface area (Å²) in [4.78, 5) is 38.9. The Morgan fingerprint density at radius 3 is 2.66 bits per heavy atom. The predicted molar refractivity (Wildman–Crippen MR) is 139 cm³/mol. The minimum absolute atomic E-state index is 0.0990. The maximum absolute atomic E-state index is 13.4. The Hall–Kier alpha value is -2.75. The van der Waals surface area contributed by atoms with Gasteiger partial charge in [-0.25, -0.2) is 0 Å². The Morgan fingerprint density at radius 1 is 1.16 bits per heavy atom. The van der Waals surface area contributed by atoms with E-state index in [1.807, 2.05) is 12.1 Å². The highest BCUT2D eigenvalue weighted by Crippen LogP contribution is 2.50. The van der Waals surface area contributed by atoms with Crippen molar-refractivity contribution < 1.29 is 38.5 Å². The molecule has 1 aromatic heterocycles. The summed E-state index contributed by atoms with van der Waals surface area (Å²) in [6.45, 7) is 3.14. The van der Waals surface area contributed by atoms with E-state index in [1.54, 1.807) is 13.2 Å². The first-order valence-corrected chi connectivity index (χ1v) is 13.7. The standard InChI is InChI=1S/C29H39NO8/c1-3-18(13-20-9-10-21(15-31)38-20)8-11-24-26-19(16-36-2)14-22-27(23(26)17-37-24)29(35)30(28(22)34)12-6-4-5-7-25(32)33/h9-10,13,22-24,27,31H,3-8,11-12,14-17H2,1-2H3,(H,32,33)/b18-13+/t22-,23+,24-,27-/m1/s1. The molecule has 9 nitrogen and oxygen atoms in total. The average molecular weight is 530 g/mol. The lowest BCUT2D eigenvalue weighted by atomic mass is 9.69. The lowest BCUT2D eigenvalue weighted by Crippen LogP contribution is -2.35. The first-order chi connectivity index (χ1) is 18.4. The number of unbranched alkanes of at least 4 members (excludes halogenated alkanes) is 2. The molecule has 2 fully saturated rings. The van der Waals surface area contributed by atoms with Crippen LogP contribution in [-0.2, 0) is 30.5 Å². The topological polar surface area (TPSA) is 127 Å². The van der Waals surface area contributed by atoms with Crippen molar-refractivity contribution >= 4 is 23.9 Å². The fourth-order valence-corrected chi connectivity index (χ4v) is 6.21. The number of furan rings is 1. The number of aliphatic carboxylic acids is 1. The smallest absolute Gasteiger partial charge is 0.303 e. The van der Waals surface area contributed by atoms with Gasteiger partial charge in [-0.05, 0) is 67.9 Å². The number of carbonyl (C=O) groups is 3. The van der Waals surface area contributed by atoms with E-state index in [9.17, 15) is 19.5 Å². The molecule has 4 rings (SSSR count). The number of nitrogens with zero attached hydrogens (tertiary/aromatic N) is 1. The zero-order chi connectivity index (χ0) is 27.2. The molecule has 0 spiro atoms. The molecule has 1 aromatic rings. The van der Waals surface area contributed by atoms with E-state index < -0.39 is 11.9 Å². The van der Waals surface area contributed by atoms with Crippen LogP contribution in [0.3, 0.4) is 0 Å². The van der Waals surface area contributed by atoms with E-state index in [2.05, 4.69) is 6.92 Å². The Morgan fingerprint density at radius 2 is 1.97 bits per heavy atom. The van der Waals surface area contributed by atoms with Gasteiger partial charge in [0.15, 0.2) is 0 Å². The van der Waals surface area contributed by atoms with Gasteiger partial charge in [-0.3, -0.25) is 19.3 Å². The molecule has 0 bridgehead atoms. The predicted octanol–water partition coefficient (Wildman–Crippen LogP) is 3.95. The molecule has 9 heteroatoms. The van der Waals surface area contributed by atoms with Gasteiger partial charge in [0, 0.05) is 26.0 Å². The number of allylic oxidation sites excluding steroid dienone is 1. The van der Waals surface area contributed by atoms with Crippen LogP contribution in [0.4, 0.5) is 0 Å². The third-order valence-electron chi connectivity index (χ3n) is 8.06. The van der Waals surface area contributed by atoms with E-state index in [-0.39, 0.29) is 42.8 Å². The molecule has 2 amide bonds. The number of amides is 2. The lowest BCUT2D eigenvalue weighted by Gasteiger charge is -2.31. The van der Waals surface area contributed by atoms with Crippen LogP contribution in [0.25, 0.3) is 6.08 Å². The summed E-state index contributed by atoms with van der Waals surface area (Å²) in [5.41, 5.74) is 3.42. The van der Waals surface area contributed by atoms with Crippen molar-refractivity contribution in [2.45, 2.75) is 71.0 Å². The first-order valence-electron chi connectivity index (χ1n) is 13.7. The minimum atomic E-state index is -0.831. The van der Waals surface area contributed by atoms with E-state index in [4.69, 9.17) is 19.0 Å². The van der Waals surface area contributed by atoms with Crippen molar-refractivity contribution in [2.24, 2.45) is 17.8 Å². The maximum Gasteiger partial charge on any atom is 0.303 e. The van der Waals surface area contributed by atoms with Crippen molar-refractivity contribution in [3.05, 3.63) is 40.4 Å². The number of ether oxygens (including phenoxy) is 2. The third kappa shape index (κ3) is 6.11. The molecule has 0 unspecified atom stereocenters. The number of carbonyl (C=O) groups excluding carboxylic acids is 2. The number of aliphatic hydroxyl groups excluding tert-OH is 1. The van der Waals surface area contributed by atoms with Crippen molar-refractivity contribution in [1.82, 2.24) is 4.90 Å². The molecule has 2 N–H and O–H groups in total. The summed E-state index contributed by atoms with van der Waals surface area (Å²) < 4.78 is 17.4. The quantitative estimate of drug-likeness (QED) is 0.211. The van der Waals surface area contributed by atoms with E-state index in [0.717, 1.165) is 30.4 Å². The van der Waals surface area contributed by atoms with Crippen molar-refractivity contribution in [3.8, 4) is 0 Å². The summed E-state index contributed by atoms with van der Waals surface area (Å²) in [6, 6.07) is 3.62. The molecule has 2 saturated heterocycles. The van der Waals surface area contributed by atoms with Gasteiger partial charge in [-0.1, -0.05) is 18.9 Å². The van der Waals surface area contributed by atoms with Crippen molar-refractivity contribution in [3.63, 3.8) is 0 Å². The SMILES string of the molecule is CC/C(=C\c1ccc(CO)o1)CC[C@H]1OC[C@H]2C1=C(COC)C[C@H]1C(=O)N(CCCCCC(=O)O)C(=O)[C@H]12. The molecule has 3 aliphatic rings. The minimum Gasteiger partial charge on any atom is -0.481 e. The lowest BCUT2D eigenvalue weighted by molar-refractivity contribution is -0.141. The molecular formula is C29H39NO8. The number of fused-ring (bicyclic) bond motifs is 3. The fraction of sp³-hybridized carbons (Fsp3) is 0.621. The number of carboxylic acids is 1. The van der Waals surface area contributed by atoms with Gasteiger partial charge < -0.3 is 24.1 Å². The number of likely N-dealkylation sites (tertiary alicyclic amines) is 1. The summed E-state index contributed by atoms with van der Waals surface area (Å²) >= 11 is 0. The van der Waals surface area contributed by atoms with Crippen LogP contribution in [0, 0.1) is 17.8 Å². The Bertz CT molecular complexity index is 1090. The van der Waals surface area contributed by atoms with Crippen LogP contribution < -0.4 is 0 Å². The third-order valence-corrected chi connectivity index (χ3v) is 8.06. The number of hydrogen-bond acceptors (Lipinski definition) is 7. The summed E-state index contributed by atoms with van der Waals surface area (Å²) in [5, 5.41) is 18.1. The highest BCUT2D eigenvalue weighted by atomic mass is 16.5. The fourth-order valence-electron chi connectivity index (χ4n) is 6.21. The summed E-state index contributed by atoms with van der Waals surface area (Å²) in [7, 11) is 1.65. The summed E-state index contributed by atoms with van der Waals surface area (Å²) in [5.74, 6) is -0.721. The number of imide groups is 1. The molecule has 1 aliphatic carbocycles. The van der Waals surface area contributed by atoms with Gasteiger partial charge in [0.05, 0.1) is 31.2 Å². The second-order valence-corrected chi connectivity index (χ2v) is 10.4. The van der Waals surface area contributed by atoms with Gasteiger partial charge in [-0.15, -0.1) is 0 Å². The van der Waals surface area contributed by atoms with Crippen LogP contribution in [0.2, 0.25) is 0 Å². The molecule has 0 radical (unpaired) electrons. The number of hydrogen-bond donors (Lipinski definition) is 2. The van der Waals surface area contributed by atoms with Crippen LogP contribution in [-0.4, -0.2) is 65.9 Å². The Balaban J connectivity index is 1.44. The Labute approximate surface area is 223 Å². The molecule has 3 heterocycles. The van der Waals surface area contributed by atoms with Gasteiger partial charge in [0.25, 0.3) is 0 Å². The van der Waals surface area contributed by atoms with Crippen molar-refractivity contribution in [2.75, 3.05) is 26.9 Å². The second-order valence-electron chi connectivity index (χ2n) is 10.4. The zero-order valence-electron chi connectivity index (χ0n) is 22.3. The normalized spacial score (nSPS) is 25.3. The highest BCUT2D eigenvalue weighted by molar-refractivity contribution is 6.06. The number of rotatable bonds is 14. The van der Waals surface area contributed by atoms with E-state index in [0.29, 0.717) is 57.0 Å². The van der Waals surface area contributed by atoms with Crippen LogP contribution in [0.5, 0.6) is 0 Å². The molecule has 0 saturated carbocycles. The molecule has 38 heavy (non-hydrogen) atoms. The van der Waals surface area contributed by atoms with E-state index >= 15 is 0 Å². The Kier molecular flexibility index (Phi) is 9.57. The molecule has 0 aromatic carbocycles. The molecule has 2 aliphatic heterocycles. The maximum atomic E-state index is 13.4. The molecular weight excluding hydrogens is 490 g/mol. The largest absolute Gasteiger partial charge is 0.481 e. The van der Waals surface area contributed by atoms with Crippen LogP contribution >= 0.6 is 0 Å².